The molecule has 1 saturated heterocycles. The van der Waals surface area contributed by atoms with E-state index in [9.17, 15) is 5.11 Å². The molecule has 0 aromatic heterocycles. The van der Waals surface area contributed by atoms with Crippen LogP contribution in [0.5, 0.6) is 0 Å². The normalized spacial score (nSPS) is 23.9. The molecule has 0 spiro atoms. The molecule has 2 unspecified atom stereocenters. The summed E-state index contributed by atoms with van der Waals surface area (Å²) in [5, 5.41) is 14.1. The van der Waals surface area contributed by atoms with Crippen LogP contribution in [-0.2, 0) is 5.60 Å². The first kappa shape index (κ1) is 14.5. The van der Waals surface area contributed by atoms with E-state index >= 15 is 0 Å². The van der Waals surface area contributed by atoms with Crippen LogP contribution in [-0.4, -0.2) is 42.7 Å². The summed E-state index contributed by atoms with van der Waals surface area (Å²) in [6.45, 7) is 4.80. The smallest absolute Gasteiger partial charge is 0.0994 e. The lowest BCUT2D eigenvalue weighted by Crippen LogP contribution is -2.42. The van der Waals surface area contributed by atoms with Crippen LogP contribution in [0.3, 0.4) is 0 Å². The van der Waals surface area contributed by atoms with E-state index in [1.807, 2.05) is 37.3 Å². The van der Waals surface area contributed by atoms with Gasteiger partial charge in [0.15, 0.2) is 0 Å². The molecule has 0 aliphatic carbocycles. The summed E-state index contributed by atoms with van der Waals surface area (Å²) in [7, 11) is 2.13. The highest BCUT2D eigenvalue weighted by molar-refractivity contribution is 5.21. The average molecular weight is 262 g/mol. The maximum atomic E-state index is 10.7. The molecule has 0 amide bonds. The number of nitrogens with one attached hydrogen (secondary N) is 1. The van der Waals surface area contributed by atoms with Crippen molar-refractivity contribution in [1.82, 2.24) is 10.2 Å². The molecular formula is C16H26N2O. The zero-order valence-electron chi connectivity index (χ0n) is 12.1. The zero-order valence-corrected chi connectivity index (χ0v) is 12.1. The highest BCUT2D eigenvalue weighted by Gasteiger charge is 2.27. The molecule has 1 aliphatic heterocycles. The number of likely N-dealkylation sites (N-methyl/N-ethyl adjacent to an activating group) is 1. The van der Waals surface area contributed by atoms with Crippen LogP contribution in [0.1, 0.15) is 31.7 Å². The van der Waals surface area contributed by atoms with E-state index in [2.05, 4.69) is 17.3 Å². The van der Waals surface area contributed by atoms with E-state index in [0.29, 0.717) is 12.6 Å². The molecule has 0 radical (unpaired) electrons. The summed E-state index contributed by atoms with van der Waals surface area (Å²) in [5.74, 6) is 0. The minimum Gasteiger partial charge on any atom is -0.384 e. The molecule has 1 fully saturated rings. The van der Waals surface area contributed by atoms with Crippen molar-refractivity contribution in [3.8, 4) is 0 Å². The van der Waals surface area contributed by atoms with Crippen LogP contribution in [0, 0.1) is 0 Å². The van der Waals surface area contributed by atoms with Gasteiger partial charge in [0.2, 0.25) is 0 Å². The van der Waals surface area contributed by atoms with Crippen molar-refractivity contribution in [3.63, 3.8) is 0 Å². The van der Waals surface area contributed by atoms with E-state index in [0.717, 1.165) is 18.7 Å². The van der Waals surface area contributed by atoms with Gasteiger partial charge in [-0.2, -0.15) is 0 Å². The van der Waals surface area contributed by atoms with Crippen LogP contribution in [0.4, 0.5) is 0 Å². The van der Waals surface area contributed by atoms with Crippen LogP contribution < -0.4 is 5.32 Å². The van der Waals surface area contributed by atoms with Crippen molar-refractivity contribution >= 4 is 0 Å². The van der Waals surface area contributed by atoms with Gasteiger partial charge in [0.05, 0.1) is 5.60 Å². The summed E-state index contributed by atoms with van der Waals surface area (Å²) < 4.78 is 0. The van der Waals surface area contributed by atoms with E-state index < -0.39 is 5.60 Å². The highest BCUT2D eigenvalue weighted by atomic mass is 16.3. The second-order valence-electron chi connectivity index (χ2n) is 5.89. The highest BCUT2D eigenvalue weighted by Crippen LogP contribution is 2.23. The fraction of sp³-hybridized carbons (Fsp3) is 0.625. The Kier molecular flexibility index (Phi) is 4.97. The first-order valence-corrected chi connectivity index (χ1v) is 7.28. The van der Waals surface area contributed by atoms with Gasteiger partial charge in [-0.3, -0.25) is 0 Å². The lowest BCUT2D eigenvalue weighted by Gasteiger charge is -2.34. The molecular weight excluding hydrogens is 236 g/mol. The monoisotopic (exact) mass is 262 g/mol. The first-order valence-electron chi connectivity index (χ1n) is 7.28. The predicted octanol–water partition coefficient (Wildman–Crippen LogP) is 1.97. The topological polar surface area (TPSA) is 35.5 Å². The summed E-state index contributed by atoms with van der Waals surface area (Å²) >= 11 is 0. The Balaban J connectivity index is 1.98. The maximum absolute atomic E-state index is 10.7. The standard InChI is InChI=1S/C16H26N2O/c1-16(19,14-7-4-3-5-8-14)13-18(2)15-9-6-11-17-12-10-15/h3-5,7-8,15,17,19H,6,9-13H2,1-2H3. The van der Waals surface area contributed by atoms with Gasteiger partial charge >= 0.3 is 0 Å². The Labute approximate surface area is 116 Å². The van der Waals surface area contributed by atoms with Gasteiger partial charge in [0, 0.05) is 12.6 Å². The lowest BCUT2D eigenvalue weighted by atomic mass is 9.94. The minimum atomic E-state index is -0.782. The molecule has 3 heteroatoms. The van der Waals surface area contributed by atoms with Crippen LogP contribution >= 0.6 is 0 Å². The molecule has 1 heterocycles. The van der Waals surface area contributed by atoms with Crippen LogP contribution in [0.25, 0.3) is 0 Å². The number of nitrogens with zero attached hydrogens (tertiary/aromatic N) is 1. The Morgan fingerprint density at radius 2 is 2.00 bits per heavy atom. The van der Waals surface area contributed by atoms with Crippen molar-refractivity contribution in [2.45, 2.75) is 37.8 Å². The van der Waals surface area contributed by atoms with E-state index in [4.69, 9.17) is 0 Å². The lowest BCUT2D eigenvalue weighted by molar-refractivity contribution is 0.00979. The molecule has 19 heavy (non-hydrogen) atoms. The molecule has 2 rings (SSSR count). The van der Waals surface area contributed by atoms with E-state index in [1.54, 1.807) is 0 Å². The molecule has 1 aromatic carbocycles. The van der Waals surface area contributed by atoms with E-state index in [1.165, 1.54) is 19.3 Å². The molecule has 1 aliphatic rings. The summed E-state index contributed by atoms with van der Waals surface area (Å²) in [6.07, 6.45) is 3.61. The van der Waals surface area contributed by atoms with Gasteiger partial charge in [-0.15, -0.1) is 0 Å². The largest absolute Gasteiger partial charge is 0.384 e. The second kappa shape index (κ2) is 6.51. The Bertz CT molecular complexity index is 370. The Morgan fingerprint density at radius 3 is 2.74 bits per heavy atom. The number of rotatable bonds is 4. The first-order chi connectivity index (χ1) is 9.09. The number of benzene rings is 1. The molecule has 2 N–H and O–H groups in total. The summed E-state index contributed by atoms with van der Waals surface area (Å²) in [5.41, 5.74) is 0.212. The SMILES string of the molecule is CN(CC(C)(O)c1ccccc1)C1CCCNCC1. The van der Waals surface area contributed by atoms with Gasteiger partial charge < -0.3 is 15.3 Å². The van der Waals surface area contributed by atoms with Gasteiger partial charge in [0.25, 0.3) is 0 Å². The van der Waals surface area contributed by atoms with Crippen LogP contribution in [0.2, 0.25) is 0 Å². The molecule has 1 aromatic rings. The van der Waals surface area contributed by atoms with Gasteiger partial charge in [0.1, 0.15) is 0 Å². The van der Waals surface area contributed by atoms with E-state index in [-0.39, 0.29) is 0 Å². The Morgan fingerprint density at radius 1 is 1.26 bits per heavy atom. The molecule has 2 atom stereocenters. The third-order valence-electron chi connectivity index (χ3n) is 4.12. The van der Waals surface area contributed by atoms with Crippen molar-refractivity contribution in [2.75, 3.05) is 26.7 Å². The van der Waals surface area contributed by atoms with Crippen molar-refractivity contribution in [1.29, 1.82) is 0 Å². The van der Waals surface area contributed by atoms with Crippen LogP contribution in [0.15, 0.2) is 30.3 Å². The summed E-state index contributed by atoms with van der Waals surface area (Å²) in [4.78, 5) is 2.32. The third kappa shape index (κ3) is 4.03. The van der Waals surface area contributed by atoms with Gasteiger partial charge in [-0.05, 0) is 51.9 Å². The predicted molar refractivity (Wildman–Crippen MR) is 79.2 cm³/mol. The van der Waals surface area contributed by atoms with Crippen molar-refractivity contribution in [2.24, 2.45) is 0 Å². The molecule has 106 valence electrons. The third-order valence-corrected chi connectivity index (χ3v) is 4.12. The Hall–Kier alpha value is -0.900. The summed E-state index contributed by atoms with van der Waals surface area (Å²) in [6, 6.07) is 10.5. The average Bonchev–Trinajstić information content (AvgIpc) is 2.68. The quantitative estimate of drug-likeness (QED) is 0.871. The molecule has 0 saturated carbocycles. The number of hydrogen-bond donors (Lipinski definition) is 2. The van der Waals surface area contributed by atoms with Crippen molar-refractivity contribution in [3.05, 3.63) is 35.9 Å². The van der Waals surface area contributed by atoms with Crippen molar-refractivity contribution < 1.29 is 5.11 Å². The zero-order chi connectivity index (χ0) is 13.7. The fourth-order valence-corrected chi connectivity index (χ4v) is 2.94. The van der Waals surface area contributed by atoms with Gasteiger partial charge in [-0.1, -0.05) is 30.3 Å². The number of aliphatic hydroxyl groups is 1. The number of hydrogen-bond acceptors (Lipinski definition) is 3. The maximum Gasteiger partial charge on any atom is 0.0994 e. The minimum absolute atomic E-state index is 0.574. The molecule has 3 nitrogen and oxygen atoms in total. The fourth-order valence-electron chi connectivity index (χ4n) is 2.94. The molecule has 0 bridgehead atoms. The van der Waals surface area contributed by atoms with Gasteiger partial charge in [-0.25, -0.2) is 0 Å². The second-order valence-corrected chi connectivity index (χ2v) is 5.89.